The maximum absolute atomic E-state index is 10.5. The predicted octanol–water partition coefficient (Wildman–Crippen LogP) is 4.91. The first kappa shape index (κ1) is 20.0. The van der Waals surface area contributed by atoms with Gasteiger partial charge in [-0.3, -0.25) is 15.2 Å². The zero-order valence-corrected chi connectivity index (χ0v) is 17.7. The number of nitrogens with one attached hydrogen (secondary N) is 1. The second-order valence-electron chi connectivity index (χ2n) is 8.68. The zero-order chi connectivity index (χ0) is 21.1. The van der Waals surface area contributed by atoms with Crippen LogP contribution in [0.25, 0.3) is 0 Å². The van der Waals surface area contributed by atoms with Crippen molar-refractivity contribution in [2.45, 2.75) is 37.5 Å². The number of para-hydroxylation sites is 1. The number of hydrogen-bond acceptors (Lipinski definition) is 4. The second-order valence-corrected chi connectivity index (χ2v) is 8.68. The third kappa shape index (κ3) is 4.41. The number of phenolic OH excluding ortho intramolecular Hbond substituents is 1. The van der Waals surface area contributed by atoms with Crippen molar-refractivity contribution in [1.29, 1.82) is 0 Å². The summed E-state index contributed by atoms with van der Waals surface area (Å²) in [7, 11) is 0. The highest BCUT2D eigenvalue weighted by molar-refractivity contribution is 6.01. The largest absolute Gasteiger partial charge is 0.508 e. The molecule has 0 aliphatic carbocycles. The van der Waals surface area contributed by atoms with E-state index in [0.717, 1.165) is 50.2 Å². The van der Waals surface area contributed by atoms with Gasteiger partial charge in [0.15, 0.2) is 0 Å². The number of nitrogens with zero attached hydrogens (tertiary/aromatic N) is 2. The Kier molecular flexibility index (Phi) is 5.58. The van der Waals surface area contributed by atoms with Crippen LogP contribution in [0, 0.1) is 0 Å². The lowest BCUT2D eigenvalue weighted by Gasteiger charge is -2.45. The average molecular weight is 412 g/mol. The lowest BCUT2D eigenvalue weighted by atomic mass is 9.87. The number of piperidine rings is 1. The van der Waals surface area contributed by atoms with Crippen molar-refractivity contribution in [1.82, 2.24) is 10.2 Å². The van der Waals surface area contributed by atoms with Gasteiger partial charge in [-0.15, -0.1) is 0 Å². The fourth-order valence-corrected chi connectivity index (χ4v) is 4.87. The summed E-state index contributed by atoms with van der Waals surface area (Å²) in [5, 5.41) is 14.4. The Labute approximate surface area is 184 Å². The van der Waals surface area contributed by atoms with Crippen molar-refractivity contribution in [3.8, 4) is 5.75 Å². The van der Waals surface area contributed by atoms with Gasteiger partial charge < -0.3 is 5.11 Å². The van der Waals surface area contributed by atoms with E-state index in [1.165, 1.54) is 11.1 Å². The summed E-state index contributed by atoms with van der Waals surface area (Å²) in [5.74, 6) is 0.353. The lowest BCUT2D eigenvalue weighted by molar-refractivity contribution is 0.120. The smallest absolute Gasteiger partial charge is 0.120 e. The summed E-state index contributed by atoms with van der Waals surface area (Å²) in [6, 6.07) is 28.9. The Balaban J connectivity index is 1.40. The first-order valence-electron chi connectivity index (χ1n) is 11.2. The molecule has 5 rings (SSSR count). The van der Waals surface area contributed by atoms with E-state index in [9.17, 15) is 5.11 Å². The maximum atomic E-state index is 10.5. The van der Waals surface area contributed by atoms with Gasteiger partial charge in [-0.2, -0.15) is 0 Å². The molecule has 0 radical (unpaired) electrons. The third-order valence-corrected chi connectivity index (χ3v) is 6.54. The van der Waals surface area contributed by atoms with E-state index in [4.69, 9.17) is 4.99 Å². The lowest BCUT2D eigenvalue weighted by Crippen LogP contribution is -2.55. The summed E-state index contributed by atoms with van der Waals surface area (Å²) in [4.78, 5) is 7.80. The van der Waals surface area contributed by atoms with Gasteiger partial charge in [-0.1, -0.05) is 78.9 Å². The predicted molar refractivity (Wildman–Crippen MR) is 125 cm³/mol. The summed E-state index contributed by atoms with van der Waals surface area (Å²) < 4.78 is 0. The highest BCUT2D eigenvalue weighted by Crippen LogP contribution is 2.37. The number of phenols is 1. The number of aliphatic imine (C=N–C) groups is 1. The summed E-state index contributed by atoms with van der Waals surface area (Å²) in [6.45, 7) is 2.98. The molecule has 2 heterocycles. The van der Waals surface area contributed by atoms with Crippen LogP contribution >= 0.6 is 0 Å². The van der Waals surface area contributed by atoms with Crippen molar-refractivity contribution < 1.29 is 5.11 Å². The summed E-state index contributed by atoms with van der Waals surface area (Å²) in [6.07, 6.45) is 2.69. The van der Waals surface area contributed by atoms with Gasteiger partial charge in [-0.25, -0.2) is 0 Å². The van der Waals surface area contributed by atoms with Gasteiger partial charge in [0.25, 0.3) is 0 Å². The molecule has 4 nitrogen and oxygen atoms in total. The van der Waals surface area contributed by atoms with Crippen LogP contribution in [0.1, 0.15) is 42.0 Å². The van der Waals surface area contributed by atoms with Crippen molar-refractivity contribution in [2.75, 3.05) is 13.1 Å². The van der Waals surface area contributed by atoms with E-state index >= 15 is 0 Å². The van der Waals surface area contributed by atoms with E-state index in [1.54, 1.807) is 6.07 Å². The van der Waals surface area contributed by atoms with E-state index < -0.39 is 0 Å². The molecular weight excluding hydrogens is 382 g/mol. The van der Waals surface area contributed by atoms with Crippen molar-refractivity contribution >= 4 is 5.71 Å². The van der Waals surface area contributed by atoms with E-state index in [2.05, 4.69) is 64.8 Å². The molecule has 31 heavy (non-hydrogen) atoms. The molecule has 2 N–H and O–H groups in total. The Morgan fingerprint density at radius 1 is 0.871 bits per heavy atom. The first-order valence-corrected chi connectivity index (χ1v) is 11.2. The molecule has 158 valence electrons. The minimum Gasteiger partial charge on any atom is -0.508 e. The zero-order valence-electron chi connectivity index (χ0n) is 17.7. The number of hydrogen-bond donors (Lipinski definition) is 2. The Bertz CT molecular complexity index is 1040. The van der Waals surface area contributed by atoms with Gasteiger partial charge in [0.05, 0.1) is 0 Å². The van der Waals surface area contributed by atoms with Crippen LogP contribution in [0.4, 0.5) is 0 Å². The van der Waals surface area contributed by atoms with Gasteiger partial charge in [0.2, 0.25) is 0 Å². The number of rotatable bonds is 4. The second kappa shape index (κ2) is 8.66. The quantitative estimate of drug-likeness (QED) is 0.641. The Hall–Kier alpha value is -2.95. The molecule has 0 aromatic heterocycles. The van der Waals surface area contributed by atoms with Gasteiger partial charge in [0.1, 0.15) is 11.4 Å². The van der Waals surface area contributed by atoms with Crippen LogP contribution in [0.3, 0.4) is 0 Å². The highest BCUT2D eigenvalue weighted by Gasteiger charge is 2.40. The molecule has 2 aliphatic heterocycles. The third-order valence-electron chi connectivity index (χ3n) is 6.54. The Morgan fingerprint density at radius 3 is 2.23 bits per heavy atom. The monoisotopic (exact) mass is 411 g/mol. The first-order chi connectivity index (χ1) is 15.2. The maximum Gasteiger partial charge on any atom is 0.120 e. The van der Waals surface area contributed by atoms with E-state index in [-0.39, 0.29) is 11.7 Å². The fraction of sp³-hybridized carbons (Fsp3) is 0.296. The SMILES string of the molecule is Oc1ccccc1C1CC(c2ccccc2)=NC2(CCN(Cc3ccccc3)CC2)N1. The van der Waals surface area contributed by atoms with Gasteiger partial charge in [0, 0.05) is 43.4 Å². The average Bonchev–Trinajstić information content (AvgIpc) is 2.82. The standard InChI is InChI=1S/C27H29N3O/c31-26-14-8-7-13-23(26)25-19-24(22-11-5-2-6-12-22)28-27(29-25)15-17-30(18-16-27)20-21-9-3-1-4-10-21/h1-14,25,29,31H,15-20H2. The minimum absolute atomic E-state index is 0.0505. The van der Waals surface area contributed by atoms with Crippen molar-refractivity contribution in [2.24, 2.45) is 4.99 Å². The molecule has 4 heteroatoms. The van der Waals surface area contributed by atoms with Crippen LogP contribution in [-0.4, -0.2) is 34.5 Å². The van der Waals surface area contributed by atoms with Crippen molar-refractivity contribution in [3.05, 3.63) is 102 Å². The molecule has 0 bridgehead atoms. The molecule has 1 saturated heterocycles. The molecule has 3 aromatic carbocycles. The van der Waals surface area contributed by atoms with Crippen LogP contribution < -0.4 is 5.32 Å². The molecule has 1 atom stereocenters. The molecule has 1 spiro atoms. The molecular formula is C27H29N3O. The summed E-state index contributed by atoms with van der Waals surface area (Å²) in [5.41, 5.74) is 4.33. The number of likely N-dealkylation sites (tertiary alicyclic amines) is 1. The number of aromatic hydroxyl groups is 1. The van der Waals surface area contributed by atoms with E-state index in [0.29, 0.717) is 5.75 Å². The topological polar surface area (TPSA) is 47.9 Å². The normalized spacial score (nSPS) is 21.0. The van der Waals surface area contributed by atoms with Gasteiger partial charge >= 0.3 is 0 Å². The Morgan fingerprint density at radius 2 is 1.52 bits per heavy atom. The highest BCUT2D eigenvalue weighted by atomic mass is 16.3. The molecule has 1 fully saturated rings. The van der Waals surface area contributed by atoms with Crippen molar-refractivity contribution in [3.63, 3.8) is 0 Å². The summed E-state index contributed by atoms with van der Waals surface area (Å²) >= 11 is 0. The molecule has 3 aromatic rings. The number of benzene rings is 3. The molecule has 0 saturated carbocycles. The molecule has 0 amide bonds. The van der Waals surface area contributed by atoms with Gasteiger partial charge in [-0.05, 0) is 30.0 Å². The molecule has 2 aliphatic rings. The van der Waals surface area contributed by atoms with Crippen LogP contribution in [0.2, 0.25) is 0 Å². The fourth-order valence-electron chi connectivity index (χ4n) is 4.87. The minimum atomic E-state index is -0.288. The molecule has 1 unspecified atom stereocenters. The van der Waals surface area contributed by atoms with Crippen LogP contribution in [-0.2, 0) is 6.54 Å². The van der Waals surface area contributed by atoms with Crippen LogP contribution in [0.5, 0.6) is 5.75 Å². The van der Waals surface area contributed by atoms with E-state index in [1.807, 2.05) is 24.3 Å². The van der Waals surface area contributed by atoms with Crippen LogP contribution in [0.15, 0.2) is 89.9 Å².